The van der Waals surface area contributed by atoms with Crippen LogP contribution in [0.5, 0.6) is 0 Å². The Bertz CT molecular complexity index is 538. The second kappa shape index (κ2) is 6.46. The molecule has 24 heavy (non-hydrogen) atoms. The SMILES string of the molecule is CC1(C)CN(CC2CCOC2)CC12CCC(c1ccccc1)CC2. The van der Waals surface area contributed by atoms with Gasteiger partial charge < -0.3 is 9.64 Å². The molecule has 1 unspecified atom stereocenters. The van der Waals surface area contributed by atoms with Crippen LogP contribution in [0.25, 0.3) is 0 Å². The predicted octanol–water partition coefficient (Wildman–Crippen LogP) is 4.71. The first-order valence-electron chi connectivity index (χ1n) is 9.93. The molecule has 0 aromatic heterocycles. The molecular formula is C22H33NO. The quantitative estimate of drug-likeness (QED) is 0.797. The topological polar surface area (TPSA) is 12.5 Å². The second-order valence-electron chi connectivity index (χ2n) is 9.25. The van der Waals surface area contributed by atoms with Gasteiger partial charge in [0.05, 0.1) is 6.61 Å². The highest BCUT2D eigenvalue weighted by Crippen LogP contribution is 2.56. The molecule has 132 valence electrons. The van der Waals surface area contributed by atoms with Gasteiger partial charge in [-0.2, -0.15) is 0 Å². The molecule has 3 aliphatic rings. The number of hydrogen-bond acceptors (Lipinski definition) is 2. The van der Waals surface area contributed by atoms with E-state index in [0.717, 1.165) is 25.0 Å². The van der Waals surface area contributed by atoms with Gasteiger partial charge >= 0.3 is 0 Å². The van der Waals surface area contributed by atoms with E-state index in [1.54, 1.807) is 5.56 Å². The first-order valence-corrected chi connectivity index (χ1v) is 9.93. The van der Waals surface area contributed by atoms with E-state index in [4.69, 9.17) is 4.74 Å². The molecule has 1 aromatic carbocycles. The fourth-order valence-corrected chi connectivity index (χ4v) is 5.71. The van der Waals surface area contributed by atoms with Crippen molar-refractivity contribution in [2.45, 2.75) is 51.9 Å². The lowest BCUT2D eigenvalue weighted by molar-refractivity contribution is 0.0710. The van der Waals surface area contributed by atoms with Gasteiger partial charge in [-0.05, 0) is 60.3 Å². The van der Waals surface area contributed by atoms with Crippen molar-refractivity contribution in [3.05, 3.63) is 35.9 Å². The van der Waals surface area contributed by atoms with Crippen LogP contribution in [0.15, 0.2) is 30.3 Å². The summed E-state index contributed by atoms with van der Waals surface area (Å²) in [5.74, 6) is 1.56. The van der Waals surface area contributed by atoms with E-state index in [9.17, 15) is 0 Å². The molecule has 1 atom stereocenters. The molecule has 0 N–H and O–H groups in total. The molecule has 0 amide bonds. The molecule has 1 aliphatic carbocycles. The Labute approximate surface area is 147 Å². The van der Waals surface area contributed by atoms with Crippen LogP contribution in [0.2, 0.25) is 0 Å². The third kappa shape index (κ3) is 3.04. The third-order valence-electron chi connectivity index (χ3n) is 7.33. The minimum atomic E-state index is 0.452. The summed E-state index contributed by atoms with van der Waals surface area (Å²) in [5, 5.41) is 0. The number of benzene rings is 1. The molecule has 1 saturated carbocycles. The predicted molar refractivity (Wildman–Crippen MR) is 99.2 cm³/mol. The molecule has 2 nitrogen and oxygen atoms in total. The summed E-state index contributed by atoms with van der Waals surface area (Å²) >= 11 is 0. The largest absolute Gasteiger partial charge is 0.381 e. The normalized spacial score (nSPS) is 36.4. The van der Waals surface area contributed by atoms with Crippen LogP contribution in [0.4, 0.5) is 0 Å². The van der Waals surface area contributed by atoms with Crippen molar-refractivity contribution in [3.8, 4) is 0 Å². The van der Waals surface area contributed by atoms with E-state index >= 15 is 0 Å². The van der Waals surface area contributed by atoms with Crippen molar-refractivity contribution >= 4 is 0 Å². The fraction of sp³-hybridized carbons (Fsp3) is 0.727. The van der Waals surface area contributed by atoms with Crippen LogP contribution in [0.1, 0.15) is 57.4 Å². The summed E-state index contributed by atoms with van der Waals surface area (Å²) < 4.78 is 5.59. The monoisotopic (exact) mass is 327 g/mol. The maximum atomic E-state index is 5.59. The minimum Gasteiger partial charge on any atom is -0.381 e. The van der Waals surface area contributed by atoms with Gasteiger partial charge in [0.15, 0.2) is 0 Å². The molecule has 1 spiro atoms. The van der Waals surface area contributed by atoms with Crippen LogP contribution in [-0.2, 0) is 4.74 Å². The zero-order valence-corrected chi connectivity index (χ0v) is 15.5. The van der Waals surface area contributed by atoms with E-state index in [2.05, 4.69) is 49.1 Å². The Morgan fingerprint density at radius 1 is 1.04 bits per heavy atom. The van der Waals surface area contributed by atoms with Gasteiger partial charge in [-0.15, -0.1) is 0 Å². The van der Waals surface area contributed by atoms with Gasteiger partial charge in [0.25, 0.3) is 0 Å². The fourth-order valence-electron chi connectivity index (χ4n) is 5.71. The van der Waals surface area contributed by atoms with Crippen LogP contribution in [-0.4, -0.2) is 37.7 Å². The number of nitrogens with zero attached hydrogens (tertiary/aromatic N) is 1. The number of rotatable bonds is 3. The summed E-state index contributed by atoms with van der Waals surface area (Å²) in [6, 6.07) is 11.2. The average molecular weight is 328 g/mol. The maximum Gasteiger partial charge on any atom is 0.0507 e. The Morgan fingerprint density at radius 3 is 2.46 bits per heavy atom. The number of hydrogen-bond donors (Lipinski definition) is 0. The minimum absolute atomic E-state index is 0.452. The van der Waals surface area contributed by atoms with Gasteiger partial charge in [0.1, 0.15) is 0 Å². The smallest absolute Gasteiger partial charge is 0.0507 e. The second-order valence-corrected chi connectivity index (χ2v) is 9.25. The molecule has 3 fully saturated rings. The lowest BCUT2D eigenvalue weighted by Crippen LogP contribution is -2.39. The maximum absolute atomic E-state index is 5.59. The highest BCUT2D eigenvalue weighted by atomic mass is 16.5. The molecule has 0 bridgehead atoms. The lowest BCUT2D eigenvalue weighted by atomic mass is 9.58. The van der Waals surface area contributed by atoms with Gasteiger partial charge in [-0.1, -0.05) is 44.2 Å². The van der Waals surface area contributed by atoms with E-state index < -0.39 is 0 Å². The van der Waals surface area contributed by atoms with Gasteiger partial charge in [0, 0.05) is 26.2 Å². The van der Waals surface area contributed by atoms with Crippen molar-refractivity contribution < 1.29 is 4.74 Å². The molecule has 2 heterocycles. The van der Waals surface area contributed by atoms with Crippen molar-refractivity contribution in [2.75, 3.05) is 32.8 Å². The van der Waals surface area contributed by atoms with Gasteiger partial charge in [-0.25, -0.2) is 0 Å². The Kier molecular flexibility index (Phi) is 4.47. The van der Waals surface area contributed by atoms with Crippen molar-refractivity contribution in [1.29, 1.82) is 0 Å². The number of ether oxygens (including phenoxy) is 1. The van der Waals surface area contributed by atoms with Crippen LogP contribution in [0, 0.1) is 16.7 Å². The molecule has 2 aliphatic heterocycles. The van der Waals surface area contributed by atoms with E-state index in [1.165, 1.54) is 51.7 Å². The van der Waals surface area contributed by atoms with Crippen molar-refractivity contribution in [2.24, 2.45) is 16.7 Å². The lowest BCUT2D eigenvalue weighted by Gasteiger charge is -2.46. The van der Waals surface area contributed by atoms with Gasteiger partial charge in [-0.3, -0.25) is 0 Å². The van der Waals surface area contributed by atoms with Gasteiger partial charge in [0.2, 0.25) is 0 Å². The summed E-state index contributed by atoms with van der Waals surface area (Å²) in [5.41, 5.74) is 2.55. The van der Waals surface area contributed by atoms with E-state index in [1.807, 2.05) is 0 Å². The molecule has 2 saturated heterocycles. The van der Waals surface area contributed by atoms with Crippen LogP contribution >= 0.6 is 0 Å². The molecule has 1 aromatic rings. The van der Waals surface area contributed by atoms with E-state index in [-0.39, 0.29) is 0 Å². The van der Waals surface area contributed by atoms with E-state index in [0.29, 0.717) is 10.8 Å². The third-order valence-corrected chi connectivity index (χ3v) is 7.33. The Balaban J connectivity index is 1.41. The standard InChI is InChI=1S/C22H33NO/c1-21(2)16-23(14-18-10-13-24-15-18)17-22(21)11-8-20(9-12-22)19-6-4-3-5-7-19/h3-7,18,20H,8-17H2,1-2H3. The molecule has 0 radical (unpaired) electrons. The molecule has 4 rings (SSSR count). The van der Waals surface area contributed by atoms with Crippen LogP contribution in [0.3, 0.4) is 0 Å². The average Bonchev–Trinajstić information content (AvgIpc) is 3.16. The highest BCUT2D eigenvalue weighted by molar-refractivity contribution is 5.21. The Hall–Kier alpha value is -0.860. The van der Waals surface area contributed by atoms with Crippen LogP contribution < -0.4 is 0 Å². The number of likely N-dealkylation sites (tertiary alicyclic amines) is 1. The summed E-state index contributed by atoms with van der Waals surface area (Å²) in [6.07, 6.45) is 6.80. The van der Waals surface area contributed by atoms with Crippen molar-refractivity contribution in [1.82, 2.24) is 4.90 Å². The molecule has 2 heteroatoms. The summed E-state index contributed by atoms with van der Waals surface area (Å²) in [6.45, 7) is 10.9. The highest BCUT2D eigenvalue weighted by Gasteiger charge is 2.53. The first-order chi connectivity index (χ1) is 11.6. The van der Waals surface area contributed by atoms with Crippen molar-refractivity contribution in [3.63, 3.8) is 0 Å². The molecular weight excluding hydrogens is 294 g/mol. The summed E-state index contributed by atoms with van der Waals surface area (Å²) in [4.78, 5) is 2.77. The Morgan fingerprint density at radius 2 is 1.79 bits per heavy atom. The zero-order valence-electron chi connectivity index (χ0n) is 15.5. The zero-order chi connectivity index (χ0) is 16.6. The summed E-state index contributed by atoms with van der Waals surface area (Å²) in [7, 11) is 0. The first kappa shape index (κ1) is 16.6.